The zero-order valence-corrected chi connectivity index (χ0v) is 73.7. The number of likely N-dealkylation sites (N-methyl/N-ethyl adjacent to an activating group) is 1. The standard InChI is InChI=1S/C88H135N9O22S/c1-17-60-80(106)96-36-22-25-61(96)81(107)94(15)63(40-56-28-26-47(3)27-29-56)82(108)97-44-59(46-120-65-45-95-37-32-57(65)33-38-95)64(98)41-62(97)78(104)93-72(58-23-20-19-21-24-58)84(110)116-54(10)71(79(105)91-60)92-68(100)31-30-67(99)89-34-35-90-70-49(5)42-86(12,111)77(119-85-73(101)48(4)39-50(6)114-85)52(8)74(118-69-43-87(13,113-16)76(103)55(11)115-69)53(9)83(109)117-66(18-2)88(14,112)75(102)51(70)7/h19-21,23-24,26-29,48-55,57,59-63,65-66,69-77,85,90,101-103,111-112H,17-18,22,25,30-46H2,1-16H3,(H,89,99)(H,91,105)(H,92,100)(H,93,104)/t48?,49-,50?,51+,52?,53-,54-,55?,59+,60+,61+,62+,63+,65?,66-,69?,70+,71+,72+,73?,74+,75-,76?,77-,85?,86-,87?,88-/m1/s1. The number of amides is 7. The Morgan fingerprint density at radius 2 is 1.38 bits per heavy atom. The predicted octanol–water partition coefficient (Wildman–Crippen LogP) is 3.94. The highest BCUT2D eigenvalue weighted by Crippen LogP contribution is 2.44. The van der Waals surface area contributed by atoms with Crippen LogP contribution in [0.25, 0.3) is 0 Å². The van der Waals surface area contributed by atoms with Crippen molar-refractivity contribution in [1.82, 2.24) is 46.2 Å². The molecule has 120 heavy (non-hydrogen) atoms. The first-order valence-electron chi connectivity index (χ1n) is 43.5. The van der Waals surface area contributed by atoms with Crippen LogP contribution in [0.15, 0.2) is 54.6 Å². The molecule has 0 saturated carbocycles. The Kier molecular flexibility index (Phi) is 32.9. The lowest BCUT2D eigenvalue weighted by Crippen LogP contribution is -2.63. The fraction of sp³-hybridized carbons (Fsp3) is 0.750. The van der Waals surface area contributed by atoms with E-state index in [0.717, 1.165) is 38.0 Å². The third-order valence-electron chi connectivity index (χ3n) is 27.0. The largest absolute Gasteiger partial charge is 0.459 e. The number of carbonyl (C=O) groups is 10. The van der Waals surface area contributed by atoms with Gasteiger partial charge in [0, 0.05) is 114 Å². The SMILES string of the molecule is CC[C@@H]1NC(=O)[C@@H](NC(=O)CCC(=O)NCCN[C@@H]2[C@H](C)[C@@H](O)[C@](C)(O)[C@@H](CC)OC(=O)[C@H](C)[C@@H](OC3CC(C)(OC)C(O)C(C)O3)C(C)[C@@H](OC3OC(C)CC(C)C3O)[C@](C)(O)C[C@H]2C)[C@@H](C)OC(=O)[C@H](c2ccccc2)NC(=O)[C@@H]2CC(=O)[C@H](CSC3CN4CCC3CC4)CN2C(=O)[C@H](Cc2ccc(C)cc2)N(C)C(=O)[C@@H]2CCCN2C1=O. The molecule has 0 aliphatic carbocycles. The summed E-state index contributed by atoms with van der Waals surface area (Å²) in [4.78, 5) is 156. The summed E-state index contributed by atoms with van der Waals surface area (Å²) in [6.45, 7) is 26.3. The molecule has 670 valence electrons. The number of benzene rings is 2. The first-order chi connectivity index (χ1) is 56.7. The number of piperidine rings is 4. The number of carbonyl (C=O) groups excluding carboxylic acids is 10. The first-order valence-corrected chi connectivity index (χ1v) is 44.6. The van der Waals surface area contributed by atoms with Crippen LogP contribution in [0.4, 0.5) is 0 Å². The molecule has 0 spiro atoms. The third-order valence-corrected chi connectivity index (χ3v) is 28.6. The Balaban J connectivity index is 0.877. The van der Waals surface area contributed by atoms with Crippen molar-refractivity contribution in [2.24, 2.45) is 41.4 Å². The Morgan fingerprint density at radius 1 is 0.700 bits per heavy atom. The molecular weight excluding hydrogens is 1570 g/mol. The second-order valence-electron chi connectivity index (χ2n) is 36.2. The molecule has 28 atom stereocenters. The van der Waals surface area contributed by atoms with Crippen molar-refractivity contribution in [2.75, 3.05) is 65.7 Å². The molecule has 10 N–H and O–H groups in total. The van der Waals surface area contributed by atoms with E-state index in [0.29, 0.717) is 30.1 Å². The first kappa shape index (κ1) is 95.4. The van der Waals surface area contributed by atoms with Gasteiger partial charge in [-0.15, -0.1) is 0 Å². The number of cyclic esters (lactones) is 2. The number of aliphatic hydroxyl groups is 5. The van der Waals surface area contributed by atoms with E-state index in [4.69, 9.17) is 33.2 Å². The molecule has 31 nitrogen and oxygen atoms in total. The van der Waals surface area contributed by atoms with Gasteiger partial charge in [0.05, 0.1) is 47.6 Å². The summed E-state index contributed by atoms with van der Waals surface area (Å²) >= 11 is 1.71. The van der Waals surface area contributed by atoms with Gasteiger partial charge >= 0.3 is 11.9 Å². The van der Waals surface area contributed by atoms with Gasteiger partial charge in [0.15, 0.2) is 18.6 Å². The third kappa shape index (κ3) is 22.5. The van der Waals surface area contributed by atoms with Gasteiger partial charge in [0.2, 0.25) is 41.4 Å². The lowest BCUT2D eigenvalue weighted by Gasteiger charge is -2.49. The molecule has 9 aliphatic heterocycles. The van der Waals surface area contributed by atoms with Gasteiger partial charge in [-0.2, -0.15) is 11.8 Å². The fourth-order valence-electron chi connectivity index (χ4n) is 19.5. The maximum Gasteiger partial charge on any atom is 0.333 e. The molecule has 2 aromatic carbocycles. The van der Waals surface area contributed by atoms with Crippen LogP contribution < -0.4 is 26.6 Å². The average molecular weight is 1700 g/mol. The molecule has 2 aromatic rings. The molecule has 9 heterocycles. The van der Waals surface area contributed by atoms with Crippen molar-refractivity contribution in [3.63, 3.8) is 0 Å². The number of hydrogen-bond donors (Lipinski definition) is 10. The normalized spacial score (nSPS) is 39.4. The Morgan fingerprint density at radius 3 is 2.03 bits per heavy atom. The maximum atomic E-state index is 15.9. The number of nitrogens with zero attached hydrogens (tertiary/aromatic N) is 4. The number of ketones is 1. The van der Waals surface area contributed by atoms with Crippen LogP contribution in [0.5, 0.6) is 0 Å². The average Bonchev–Trinajstić information content (AvgIpc) is 0.788. The summed E-state index contributed by atoms with van der Waals surface area (Å²) < 4.78 is 44.3. The van der Waals surface area contributed by atoms with Crippen LogP contribution in [0, 0.1) is 48.3 Å². The van der Waals surface area contributed by atoms with Crippen molar-refractivity contribution in [2.45, 2.75) is 312 Å². The number of nitrogens with one attached hydrogen (secondary N) is 5. The molecule has 2 bridgehead atoms. The van der Waals surface area contributed by atoms with E-state index in [1.165, 1.54) is 42.7 Å². The lowest BCUT2D eigenvalue weighted by atomic mass is 9.72. The van der Waals surface area contributed by atoms with Crippen LogP contribution >= 0.6 is 11.8 Å². The summed E-state index contributed by atoms with van der Waals surface area (Å²) in [6.07, 6.45) is -10.8. The number of esters is 2. The monoisotopic (exact) mass is 1700 g/mol. The van der Waals surface area contributed by atoms with Gasteiger partial charge in [-0.3, -0.25) is 43.2 Å². The number of aryl methyl sites for hydroxylation is 1. The summed E-state index contributed by atoms with van der Waals surface area (Å²) in [6, 6.07) is 6.22. The Labute approximate surface area is 710 Å². The van der Waals surface area contributed by atoms with Gasteiger partial charge in [-0.05, 0) is 149 Å². The van der Waals surface area contributed by atoms with Crippen LogP contribution in [0.3, 0.4) is 0 Å². The van der Waals surface area contributed by atoms with Gasteiger partial charge in [0.25, 0.3) is 0 Å². The van der Waals surface area contributed by atoms with Gasteiger partial charge in [-0.1, -0.05) is 102 Å². The molecule has 9 saturated heterocycles. The molecule has 11 rings (SSSR count). The number of Topliss-reactive ketones (excluding diaryl/α,β-unsaturated/α-hetero) is 1. The minimum atomic E-state index is -2.09. The summed E-state index contributed by atoms with van der Waals surface area (Å²) in [5.41, 5.74) is -3.24. The molecular formula is C88H135N9O22S. The zero-order chi connectivity index (χ0) is 87.7. The number of rotatable bonds is 21. The highest BCUT2D eigenvalue weighted by Gasteiger charge is 2.55. The highest BCUT2D eigenvalue weighted by atomic mass is 32.2. The number of aliphatic hydroxyl groups excluding tert-OH is 3. The van der Waals surface area contributed by atoms with Crippen molar-refractivity contribution in [1.29, 1.82) is 0 Å². The number of ether oxygens (including phenoxy) is 7. The topological polar surface area (TPSA) is 410 Å². The van der Waals surface area contributed by atoms with Crippen molar-refractivity contribution >= 4 is 70.8 Å². The summed E-state index contributed by atoms with van der Waals surface area (Å²) in [7, 11) is 2.96. The van der Waals surface area contributed by atoms with E-state index in [2.05, 4.69) is 31.5 Å². The minimum Gasteiger partial charge on any atom is -0.459 e. The van der Waals surface area contributed by atoms with E-state index in [1.807, 2.05) is 52.0 Å². The quantitative estimate of drug-likeness (QED) is 0.0625. The maximum absolute atomic E-state index is 15.9. The van der Waals surface area contributed by atoms with Crippen LogP contribution in [-0.2, 0) is 87.5 Å². The smallest absolute Gasteiger partial charge is 0.333 e. The number of thioether (sulfide) groups is 1. The number of fused-ring (bicyclic) bond motifs is 5. The number of methoxy groups -OCH3 is 1. The molecule has 10 unspecified atom stereocenters. The molecule has 9 aliphatic rings. The van der Waals surface area contributed by atoms with Crippen LogP contribution in [0.1, 0.15) is 190 Å². The van der Waals surface area contributed by atoms with Crippen molar-refractivity contribution < 1.29 is 107 Å². The Bertz CT molecular complexity index is 3860. The van der Waals surface area contributed by atoms with Crippen LogP contribution in [-0.4, -0.2) is 296 Å². The van der Waals surface area contributed by atoms with E-state index >= 15 is 28.8 Å². The van der Waals surface area contributed by atoms with E-state index in [9.17, 15) is 44.7 Å². The van der Waals surface area contributed by atoms with Crippen LogP contribution in [0.2, 0.25) is 0 Å². The zero-order valence-electron chi connectivity index (χ0n) is 72.9. The predicted molar refractivity (Wildman–Crippen MR) is 444 cm³/mol. The fourth-order valence-corrected chi connectivity index (χ4v) is 21.2. The molecule has 7 amide bonds. The molecule has 32 heteroatoms. The second kappa shape index (κ2) is 41.3. The van der Waals surface area contributed by atoms with Crippen molar-refractivity contribution in [3.8, 4) is 0 Å². The highest BCUT2D eigenvalue weighted by molar-refractivity contribution is 8.00. The second-order valence-corrected chi connectivity index (χ2v) is 37.5. The number of hydrogen-bond acceptors (Lipinski definition) is 25. The summed E-state index contributed by atoms with van der Waals surface area (Å²) in [5.74, 6) is -11.0. The Hall–Kier alpha value is -6.79. The molecule has 0 radical (unpaired) electrons. The van der Waals surface area contributed by atoms with E-state index in [-0.39, 0.29) is 93.3 Å². The van der Waals surface area contributed by atoms with Gasteiger partial charge < -0.3 is 105 Å². The van der Waals surface area contributed by atoms with E-state index < -0.39 is 223 Å². The summed E-state index contributed by atoms with van der Waals surface area (Å²) in [5, 5.41) is 75.8. The lowest BCUT2D eigenvalue weighted by molar-refractivity contribution is -0.318. The van der Waals surface area contributed by atoms with Crippen molar-refractivity contribution in [3.05, 3.63) is 71.3 Å². The minimum absolute atomic E-state index is 0.00191. The van der Waals surface area contributed by atoms with E-state index in [1.54, 1.807) is 97.5 Å². The van der Waals surface area contributed by atoms with Gasteiger partial charge in [0.1, 0.15) is 66.0 Å². The van der Waals surface area contributed by atoms with Gasteiger partial charge in [-0.25, -0.2) is 4.79 Å². The molecule has 9 fully saturated rings. The molecule has 0 aromatic heterocycles.